The van der Waals surface area contributed by atoms with E-state index in [4.69, 9.17) is 0 Å². The summed E-state index contributed by atoms with van der Waals surface area (Å²) in [5.74, 6) is 0.285. The molecule has 1 N–H and O–H groups in total. The summed E-state index contributed by atoms with van der Waals surface area (Å²) < 4.78 is 16.2. The number of allylic oxidation sites excluding steroid dienone is 2. The molecule has 1 aliphatic carbocycles. The Morgan fingerprint density at radius 3 is 2.62 bits per heavy atom. The standard InChI is InChI=1S/C21H26FN3O/c1-13(2)12-15-17(21(15,3)4)20(26)24-18(19-23-10-11-25(19)5)14-8-6-7-9-16(14)22/h6-12,15,17-18H,1-5H3,(H,24,26)/t15-,17-,18+/m1/s1. The molecule has 26 heavy (non-hydrogen) atoms. The number of imidazole rings is 1. The Hall–Kier alpha value is -2.43. The lowest BCUT2D eigenvalue weighted by Gasteiger charge is -2.20. The van der Waals surface area contributed by atoms with E-state index in [0.29, 0.717) is 11.4 Å². The van der Waals surface area contributed by atoms with E-state index >= 15 is 0 Å². The van der Waals surface area contributed by atoms with Crippen molar-refractivity contribution < 1.29 is 9.18 Å². The third-order valence-corrected chi connectivity index (χ3v) is 5.33. The van der Waals surface area contributed by atoms with Gasteiger partial charge in [0.15, 0.2) is 0 Å². The van der Waals surface area contributed by atoms with Gasteiger partial charge < -0.3 is 9.88 Å². The first kappa shape index (κ1) is 18.4. The van der Waals surface area contributed by atoms with Crippen LogP contribution in [0.4, 0.5) is 4.39 Å². The van der Waals surface area contributed by atoms with Crippen molar-refractivity contribution >= 4 is 5.91 Å². The summed E-state index contributed by atoms with van der Waals surface area (Å²) in [6, 6.07) is 5.90. The topological polar surface area (TPSA) is 46.9 Å². The Bertz CT molecular complexity index is 848. The summed E-state index contributed by atoms with van der Waals surface area (Å²) in [7, 11) is 1.84. The van der Waals surface area contributed by atoms with Crippen molar-refractivity contribution in [3.63, 3.8) is 0 Å². The molecule has 0 bridgehead atoms. The van der Waals surface area contributed by atoms with Crippen molar-refractivity contribution in [2.75, 3.05) is 0 Å². The van der Waals surface area contributed by atoms with E-state index in [1.54, 1.807) is 30.6 Å². The molecule has 0 unspecified atom stereocenters. The van der Waals surface area contributed by atoms with Crippen molar-refractivity contribution in [1.82, 2.24) is 14.9 Å². The number of aryl methyl sites for hydroxylation is 1. The zero-order valence-corrected chi connectivity index (χ0v) is 16.0. The average Bonchev–Trinajstić information content (AvgIpc) is 2.88. The molecule has 0 saturated heterocycles. The number of aromatic nitrogens is 2. The molecule has 3 atom stereocenters. The first-order chi connectivity index (χ1) is 12.2. The van der Waals surface area contributed by atoms with Crippen molar-refractivity contribution in [3.05, 3.63) is 65.5 Å². The SMILES string of the molecule is CC(C)=C[C@@H]1[C@H](C(=O)N[C@@H](c2ccccc2F)c2nccn2C)C1(C)C. The van der Waals surface area contributed by atoms with Crippen LogP contribution in [0.1, 0.15) is 45.1 Å². The summed E-state index contributed by atoms with van der Waals surface area (Å²) >= 11 is 0. The maximum atomic E-state index is 14.4. The number of hydrogen-bond acceptors (Lipinski definition) is 2. The minimum Gasteiger partial charge on any atom is -0.342 e. The molecule has 1 aliphatic rings. The second-order valence-corrected chi connectivity index (χ2v) is 7.93. The van der Waals surface area contributed by atoms with Crippen LogP contribution in [0.2, 0.25) is 0 Å². The van der Waals surface area contributed by atoms with E-state index in [1.807, 2.05) is 25.5 Å². The largest absolute Gasteiger partial charge is 0.342 e. The van der Waals surface area contributed by atoms with Gasteiger partial charge in [-0.1, -0.05) is 43.7 Å². The molecule has 1 aromatic heterocycles. The number of rotatable bonds is 5. The van der Waals surface area contributed by atoms with Crippen LogP contribution in [0, 0.1) is 23.1 Å². The molecule has 1 amide bonds. The fraction of sp³-hybridized carbons (Fsp3) is 0.429. The van der Waals surface area contributed by atoms with E-state index in [2.05, 4.69) is 30.2 Å². The van der Waals surface area contributed by atoms with Gasteiger partial charge in [-0.3, -0.25) is 4.79 Å². The predicted octanol–water partition coefficient (Wildman–Crippen LogP) is 4.00. The fourth-order valence-electron chi connectivity index (χ4n) is 3.73. The highest BCUT2D eigenvalue weighted by Gasteiger charge is 2.60. The van der Waals surface area contributed by atoms with Gasteiger partial charge in [0.2, 0.25) is 5.91 Å². The Kier molecular flexibility index (Phi) is 4.74. The first-order valence-corrected chi connectivity index (χ1v) is 8.90. The lowest BCUT2D eigenvalue weighted by atomic mass is 10.0. The van der Waals surface area contributed by atoms with Crippen molar-refractivity contribution in [2.24, 2.45) is 24.3 Å². The number of carbonyl (C=O) groups is 1. The zero-order valence-electron chi connectivity index (χ0n) is 16.0. The second-order valence-electron chi connectivity index (χ2n) is 7.93. The Balaban J connectivity index is 1.90. The van der Waals surface area contributed by atoms with Crippen LogP contribution in [-0.2, 0) is 11.8 Å². The van der Waals surface area contributed by atoms with Crippen LogP contribution in [-0.4, -0.2) is 15.5 Å². The van der Waals surface area contributed by atoms with E-state index < -0.39 is 6.04 Å². The zero-order chi connectivity index (χ0) is 19.1. The molecular weight excluding hydrogens is 329 g/mol. The summed E-state index contributed by atoms with van der Waals surface area (Å²) in [4.78, 5) is 17.4. The van der Waals surface area contributed by atoms with Gasteiger partial charge in [0.1, 0.15) is 17.7 Å². The summed E-state index contributed by atoms with van der Waals surface area (Å²) in [5.41, 5.74) is 1.53. The summed E-state index contributed by atoms with van der Waals surface area (Å²) in [5, 5.41) is 3.05. The minimum absolute atomic E-state index is 0.0613. The Labute approximate surface area is 154 Å². The van der Waals surface area contributed by atoms with Crippen LogP contribution in [0.15, 0.2) is 48.3 Å². The predicted molar refractivity (Wildman–Crippen MR) is 99.8 cm³/mol. The van der Waals surface area contributed by atoms with Crippen molar-refractivity contribution in [1.29, 1.82) is 0 Å². The van der Waals surface area contributed by atoms with E-state index in [9.17, 15) is 9.18 Å². The van der Waals surface area contributed by atoms with Gasteiger partial charge in [-0.05, 0) is 31.2 Å². The van der Waals surface area contributed by atoms with Crippen LogP contribution < -0.4 is 5.32 Å². The molecule has 138 valence electrons. The lowest BCUT2D eigenvalue weighted by Crippen LogP contribution is -2.33. The molecule has 4 nitrogen and oxygen atoms in total. The number of carbonyl (C=O) groups excluding carboxylic acids is 1. The third-order valence-electron chi connectivity index (χ3n) is 5.33. The molecule has 1 fully saturated rings. The smallest absolute Gasteiger partial charge is 0.225 e. The Morgan fingerprint density at radius 1 is 1.35 bits per heavy atom. The van der Waals surface area contributed by atoms with Crippen LogP contribution in [0.25, 0.3) is 0 Å². The van der Waals surface area contributed by atoms with Crippen molar-refractivity contribution in [3.8, 4) is 0 Å². The number of hydrogen-bond donors (Lipinski definition) is 1. The van der Waals surface area contributed by atoms with E-state index in [-0.39, 0.29) is 29.0 Å². The van der Waals surface area contributed by atoms with Gasteiger partial charge in [-0.25, -0.2) is 9.37 Å². The fourth-order valence-corrected chi connectivity index (χ4v) is 3.73. The molecule has 0 radical (unpaired) electrons. The molecule has 3 rings (SSSR count). The van der Waals surface area contributed by atoms with Gasteiger partial charge in [0, 0.05) is 25.0 Å². The number of amides is 1. The molecule has 1 saturated carbocycles. The minimum atomic E-state index is -0.618. The maximum Gasteiger partial charge on any atom is 0.225 e. The van der Waals surface area contributed by atoms with Gasteiger partial charge >= 0.3 is 0 Å². The molecule has 5 heteroatoms. The summed E-state index contributed by atoms with van der Waals surface area (Å²) in [6.45, 7) is 8.28. The average molecular weight is 355 g/mol. The normalized spacial score (nSPS) is 21.8. The van der Waals surface area contributed by atoms with Gasteiger partial charge in [0.05, 0.1) is 5.92 Å². The number of benzene rings is 1. The quantitative estimate of drug-likeness (QED) is 0.824. The van der Waals surface area contributed by atoms with Crippen LogP contribution in [0.5, 0.6) is 0 Å². The molecule has 0 aliphatic heterocycles. The molecule has 1 aromatic carbocycles. The second kappa shape index (κ2) is 6.71. The van der Waals surface area contributed by atoms with Gasteiger partial charge in [0.25, 0.3) is 0 Å². The van der Waals surface area contributed by atoms with E-state index in [1.165, 1.54) is 11.6 Å². The van der Waals surface area contributed by atoms with E-state index in [0.717, 1.165) is 0 Å². The first-order valence-electron chi connectivity index (χ1n) is 8.90. The highest BCUT2D eigenvalue weighted by atomic mass is 19.1. The number of nitrogens with one attached hydrogen (secondary N) is 1. The number of nitrogens with zero attached hydrogens (tertiary/aromatic N) is 2. The third kappa shape index (κ3) is 3.30. The highest BCUT2D eigenvalue weighted by Crippen LogP contribution is 2.59. The monoisotopic (exact) mass is 355 g/mol. The molecular formula is C21H26FN3O. The van der Waals surface area contributed by atoms with Gasteiger partial charge in [-0.2, -0.15) is 0 Å². The van der Waals surface area contributed by atoms with Crippen molar-refractivity contribution in [2.45, 2.75) is 33.7 Å². The van der Waals surface area contributed by atoms with Gasteiger partial charge in [-0.15, -0.1) is 0 Å². The molecule has 0 spiro atoms. The highest BCUT2D eigenvalue weighted by molar-refractivity contribution is 5.84. The molecule has 1 heterocycles. The summed E-state index contributed by atoms with van der Waals surface area (Å²) in [6.07, 6.45) is 5.61. The van der Waals surface area contributed by atoms with Crippen LogP contribution in [0.3, 0.4) is 0 Å². The maximum absolute atomic E-state index is 14.4. The Morgan fingerprint density at radius 2 is 2.04 bits per heavy atom. The lowest BCUT2D eigenvalue weighted by molar-refractivity contribution is -0.123. The molecule has 2 aromatic rings. The van der Waals surface area contributed by atoms with Crippen LogP contribution >= 0.6 is 0 Å². The number of halogens is 1.